The summed E-state index contributed by atoms with van der Waals surface area (Å²) in [4.78, 5) is 8.62. The largest absolute Gasteiger partial charge is 0.340 e. The van der Waals surface area contributed by atoms with Crippen molar-refractivity contribution < 1.29 is 0 Å². The summed E-state index contributed by atoms with van der Waals surface area (Å²) in [6.07, 6.45) is 0. The third-order valence-electron chi connectivity index (χ3n) is 2.95. The van der Waals surface area contributed by atoms with Crippen LogP contribution in [0.15, 0.2) is 48.5 Å². The minimum atomic E-state index is -1.71. The molecule has 22 heavy (non-hydrogen) atoms. The van der Waals surface area contributed by atoms with Crippen molar-refractivity contribution in [1.82, 2.24) is 9.97 Å². The number of para-hydroxylation sites is 1. The highest BCUT2D eigenvalue weighted by Crippen LogP contribution is 2.38. The third kappa shape index (κ3) is 3.39. The average molecular weight is 373 g/mol. The van der Waals surface area contributed by atoms with Gasteiger partial charge in [0.2, 0.25) is 3.79 Å². The number of hydrogen-bond donors (Lipinski definition) is 1. The van der Waals surface area contributed by atoms with Gasteiger partial charge in [0.25, 0.3) is 0 Å². The molecule has 2 aromatic carbocycles. The van der Waals surface area contributed by atoms with Crippen LogP contribution in [-0.4, -0.2) is 9.97 Å². The molecule has 0 spiro atoms. The van der Waals surface area contributed by atoms with Crippen molar-refractivity contribution in [2.45, 2.75) is 3.79 Å². The minimum Gasteiger partial charge on any atom is -0.340 e. The van der Waals surface area contributed by atoms with Crippen molar-refractivity contribution in [1.29, 1.82) is 0 Å². The molecule has 0 unspecified atom stereocenters. The first-order valence-electron chi connectivity index (χ1n) is 6.30. The number of alkyl halides is 3. The first kappa shape index (κ1) is 15.6. The van der Waals surface area contributed by atoms with E-state index >= 15 is 0 Å². The average Bonchev–Trinajstić information content (AvgIpc) is 2.47. The van der Waals surface area contributed by atoms with E-state index in [-0.39, 0.29) is 5.82 Å². The fourth-order valence-electron chi connectivity index (χ4n) is 1.98. The molecule has 0 aliphatic rings. The van der Waals surface area contributed by atoms with Crippen LogP contribution in [0.2, 0.25) is 5.02 Å². The summed E-state index contributed by atoms with van der Waals surface area (Å²) in [5.74, 6) is 0.630. The molecule has 0 atom stereocenters. The highest BCUT2D eigenvalue weighted by molar-refractivity contribution is 6.66. The van der Waals surface area contributed by atoms with Crippen LogP contribution in [0.1, 0.15) is 5.82 Å². The van der Waals surface area contributed by atoms with E-state index in [1.165, 1.54) is 0 Å². The van der Waals surface area contributed by atoms with Gasteiger partial charge in [-0.25, -0.2) is 9.97 Å². The molecule has 3 rings (SSSR count). The maximum Gasteiger partial charge on any atom is 0.250 e. The zero-order valence-corrected chi connectivity index (χ0v) is 14.0. The Morgan fingerprint density at radius 3 is 2.32 bits per heavy atom. The molecular formula is C15H9Cl4N3. The fourth-order valence-corrected chi connectivity index (χ4v) is 2.41. The highest BCUT2D eigenvalue weighted by atomic mass is 35.6. The van der Waals surface area contributed by atoms with Gasteiger partial charge in [-0.1, -0.05) is 64.6 Å². The van der Waals surface area contributed by atoms with Crippen LogP contribution in [-0.2, 0) is 3.79 Å². The Kier molecular flexibility index (Phi) is 4.33. The molecule has 0 saturated carbocycles. The van der Waals surface area contributed by atoms with Crippen LogP contribution >= 0.6 is 46.4 Å². The lowest BCUT2D eigenvalue weighted by Gasteiger charge is -2.14. The van der Waals surface area contributed by atoms with E-state index in [0.717, 1.165) is 11.1 Å². The number of benzene rings is 2. The molecule has 7 heteroatoms. The van der Waals surface area contributed by atoms with Crippen LogP contribution in [0.25, 0.3) is 10.9 Å². The number of halogens is 4. The third-order valence-corrected chi connectivity index (χ3v) is 3.69. The number of hydrogen-bond acceptors (Lipinski definition) is 3. The summed E-state index contributed by atoms with van der Waals surface area (Å²) >= 11 is 23.8. The molecule has 0 bridgehead atoms. The van der Waals surface area contributed by atoms with Gasteiger partial charge in [0.1, 0.15) is 5.82 Å². The Bertz CT molecular complexity index is 816. The van der Waals surface area contributed by atoms with Crippen molar-refractivity contribution in [3.05, 3.63) is 59.4 Å². The Hall–Kier alpha value is -1.26. The van der Waals surface area contributed by atoms with Crippen LogP contribution in [0.3, 0.4) is 0 Å². The van der Waals surface area contributed by atoms with Crippen molar-refractivity contribution in [3.8, 4) is 0 Å². The van der Waals surface area contributed by atoms with Gasteiger partial charge >= 0.3 is 0 Å². The number of nitrogens with one attached hydrogen (secondary N) is 1. The molecule has 3 aromatic rings. The van der Waals surface area contributed by atoms with Gasteiger partial charge in [-0.2, -0.15) is 0 Å². The molecule has 1 aromatic heterocycles. The van der Waals surface area contributed by atoms with Gasteiger partial charge < -0.3 is 5.32 Å². The molecule has 0 amide bonds. The van der Waals surface area contributed by atoms with E-state index in [0.29, 0.717) is 16.4 Å². The lowest BCUT2D eigenvalue weighted by Crippen LogP contribution is -2.09. The first-order valence-corrected chi connectivity index (χ1v) is 7.81. The van der Waals surface area contributed by atoms with E-state index in [2.05, 4.69) is 15.3 Å². The predicted molar refractivity (Wildman–Crippen MR) is 93.5 cm³/mol. The number of rotatable bonds is 2. The van der Waals surface area contributed by atoms with Gasteiger partial charge in [0.15, 0.2) is 5.82 Å². The summed E-state index contributed by atoms with van der Waals surface area (Å²) in [5.41, 5.74) is 1.50. The van der Waals surface area contributed by atoms with E-state index in [9.17, 15) is 0 Å². The standard InChI is InChI=1S/C15H9Cl4N3/c16-9-6-7-12-11(8-9)13(20-10-4-2-1-3-5-10)22-14(21-12)15(17,18)19/h1-8H,(H,20,21,22). The van der Waals surface area contributed by atoms with Gasteiger partial charge in [-0.15, -0.1) is 0 Å². The second-order valence-electron chi connectivity index (χ2n) is 4.55. The molecule has 0 radical (unpaired) electrons. The molecular weight excluding hydrogens is 364 g/mol. The Balaban J connectivity index is 2.18. The van der Waals surface area contributed by atoms with Crippen molar-refractivity contribution in [3.63, 3.8) is 0 Å². The topological polar surface area (TPSA) is 37.8 Å². The Labute approximate surface area is 147 Å². The molecule has 3 nitrogen and oxygen atoms in total. The highest BCUT2D eigenvalue weighted by Gasteiger charge is 2.28. The van der Waals surface area contributed by atoms with Gasteiger partial charge in [0.05, 0.1) is 5.52 Å². The lowest BCUT2D eigenvalue weighted by molar-refractivity contribution is 0.999. The van der Waals surface area contributed by atoms with Crippen molar-refractivity contribution in [2.24, 2.45) is 0 Å². The summed E-state index contributed by atoms with van der Waals surface area (Å²) < 4.78 is -1.71. The van der Waals surface area contributed by atoms with Gasteiger partial charge in [-0.3, -0.25) is 0 Å². The van der Waals surface area contributed by atoms with Crippen LogP contribution in [0.4, 0.5) is 11.5 Å². The summed E-state index contributed by atoms with van der Waals surface area (Å²) in [7, 11) is 0. The molecule has 0 aliphatic heterocycles. The quantitative estimate of drug-likeness (QED) is 0.573. The summed E-state index contributed by atoms with van der Waals surface area (Å²) in [5, 5.41) is 4.52. The monoisotopic (exact) mass is 371 g/mol. The predicted octanol–water partition coefficient (Wildman–Crippen LogP) is 5.85. The van der Waals surface area contributed by atoms with Gasteiger partial charge in [-0.05, 0) is 30.3 Å². The normalized spacial score (nSPS) is 11.6. The zero-order chi connectivity index (χ0) is 15.7. The SMILES string of the molecule is Clc1ccc2nc(C(Cl)(Cl)Cl)nc(Nc3ccccc3)c2c1. The summed E-state index contributed by atoms with van der Waals surface area (Å²) in [6, 6.07) is 14.8. The number of nitrogens with zero attached hydrogens (tertiary/aromatic N) is 2. The maximum absolute atomic E-state index is 6.06. The fraction of sp³-hybridized carbons (Fsp3) is 0.0667. The second kappa shape index (κ2) is 6.09. The first-order chi connectivity index (χ1) is 10.4. The maximum atomic E-state index is 6.06. The molecule has 1 heterocycles. The van der Waals surface area contributed by atoms with Crippen molar-refractivity contribution >= 4 is 68.8 Å². The smallest absolute Gasteiger partial charge is 0.250 e. The Morgan fingerprint density at radius 2 is 1.64 bits per heavy atom. The van der Waals surface area contributed by atoms with E-state index in [1.54, 1.807) is 18.2 Å². The van der Waals surface area contributed by atoms with Gasteiger partial charge in [0, 0.05) is 16.1 Å². The summed E-state index contributed by atoms with van der Waals surface area (Å²) in [6.45, 7) is 0. The number of fused-ring (bicyclic) bond motifs is 1. The van der Waals surface area contributed by atoms with Crippen LogP contribution in [0, 0.1) is 0 Å². The molecule has 0 aliphatic carbocycles. The molecule has 0 fully saturated rings. The van der Waals surface area contributed by atoms with E-state index < -0.39 is 3.79 Å². The van der Waals surface area contributed by atoms with Crippen LogP contribution < -0.4 is 5.32 Å². The van der Waals surface area contributed by atoms with Crippen LogP contribution in [0.5, 0.6) is 0 Å². The number of aromatic nitrogens is 2. The Morgan fingerprint density at radius 1 is 0.909 bits per heavy atom. The lowest BCUT2D eigenvalue weighted by atomic mass is 10.2. The zero-order valence-electron chi connectivity index (χ0n) is 11.0. The molecule has 1 N–H and O–H groups in total. The van der Waals surface area contributed by atoms with E-state index in [1.807, 2.05) is 30.3 Å². The molecule has 0 saturated heterocycles. The number of anilines is 2. The molecule has 112 valence electrons. The van der Waals surface area contributed by atoms with Crippen molar-refractivity contribution in [2.75, 3.05) is 5.32 Å². The van der Waals surface area contributed by atoms with E-state index in [4.69, 9.17) is 46.4 Å². The minimum absolute atomic E-state index is 0.103. The second-order valence-corrected chi connectivity index (χ2v) is 7.26.